The fraction of sp³-hybridized carbons (Fsp3) is 0.00971. The van der Waals surface area contributed by atoms with Crippen LogP contribution in [0.25, 0.3) is 149 Å². The molecule has 0 radical (unpaired) electrons. The van der Waals surface area contributed by atoms with Crippen molar-refractivity contribution in [2.75, 3.05) is 9.80 Å². The molecule has 0 bridgehead atoms. The minimum Gasteiger partial charge on any atom is -0.307 e. The summed E-state index contributed by atoms with van der Waals surface area (Å²) in [4.78, 5) is 5.27. The summed E-state index contributed by atoms with van der Waals surface area (Å²) < 4.78 is 8.08. The van der Waals surface area contributed by atoms with Crippen LogP contribution in [0.1, 0.15) is 22.6 Å². The number of nitrogens with zero attached hydrogens (tertiary/aromatic N) is 5. The van der Waals surface area contributed by atoms with Crippen LogP contribution in [-0.2, 0) is 0 Å². The van der Waals surface area contributed by atoms with Gasteiger partial charge in [0, 0.05) is 66.5 Å². The van der Waals surface area contributed by atoms with Gasteiger partial charge >= 0.3 is 0 Å². The third-order valence-corrected chi connectivity index (χ3v) is 22.8. The van der Waals surface area contributed by atoms with E-state index in [0.717, 1.165) is 151 Å². The number of hydrogen-bond donors (Lipinski definition) is 0. The van der Waals surface area contributed by atoms with Crippen molar-refractivity contribution in [2.24, 2.45) is 0 Å². The molecule has 2 aliphatic rings. The molecule has 0 unspecified atom stereocenters. The van der Waals surface area contributed by atoms with Gasteiger partial charge in [0.05, 0.1) is 61.5 Å². The molecule has 22 rings (SSSR count). The minimum absolute atomic E-state index is 0.270. The molecule has 0 N–H and O–H groups in total. The molecule has 0 saturated heterocycles. The third kappa shape index (κ3) is 9.52. The Labute approximate surface area is 625 Å². The maximum absolute atomic E-state index is 2.70. The van der Waals surface area contributed by atoms with E-state index in [9.17, 15) is 0 Å². The summed E-state index contributed by atoms with van der Waals surface area (Å²) in [6.07, 6.45) is 0. The van der Waals surface area contributed by atoms with Crippen LogP contribution in [0, 0.1) is 0 Å². The van der Waals surface area contributed by atoms with Crippen molar-refractivity contribution in [3.05, 3.63) is 417 Å². The highest BCUT2D eigenvalue weighted by atomic mass is 15.3. The van der Waals surface area contributed by atoms with Gasteiger partial charge in [0.2, 0.25) is 0 Å². The van der Waals surface area contributed by atoms with Crippen molar-refractivity contribution in [2.45, 2.75) is 5.92 Å². The summed E-state index contributed by atoms with van der Waals surface area (Å²) in [5.74, 6) is -0.270. The number of fused-ring (bicyclic) bond motifs is 13. The number of para-hydroxylation sites is 4. The van der Waals surface area contributed by atoms with Gasteiger partial charge in [0.1, 0.15) is 0 Å². The molecule has 108 heavy (non-hydrogen) atoms. The van der Waals surface area contributed by atoms with Crippen LogP contribution in [0.2, 0.25) is 0 Å². The molecule has 504 valence electrons. The van der Waals surface area contributed by atoms with Gasteiger partial charge in [-0.2, -0.15) is 0 Å². The number of aromatic nitrogens is 3. The molecule has 0 saturated carbocycles. The summed E-state index contributed by atoms with van der Waals surface area (Å²) in [5, 5.41) is 7.11. The van der Waals surface area contributed by atoms with Crippen LogP contribution >= 0.6 is 0 Å². The summed E-state index contributed by atoms with van der Waals surface area (Å²) >= 11 is 0. The molecule has 0 fully saturated rings. The second-order valence-corrected chi connectivity index (χ2v) is 28.6. The molecule has 0 atom stereocenters. The lowest BCUT2D eigenvalue weighted by Crippen LogP contribution is -2.29. The number of benzene rings is 17. The first-order chi connectivity index (χ1) is 53.6. The maximum Gasteiger partial charge on any atom is 0.0990 e. The average molecular weight is 1370 g/mol. The second kappa shape index (κ2) is 24.7. The Bertz CT molecular complexity index is 6320. The summed E-state index contributed by atoms with van der Waals surface area (Å²) in [6, 6.07) is 150. The first kappa shape index (κ1) is 61.2. The predicted octanol–water partition coefficient (Wildman–Crippen LogP) is 27.7. The normalized spacial score (nSPS) is 12.2. The molecule has 0 aliphatic carbocycles. The molecule has 0 amide bonds. The van der Waals surface area contributed by atoms with Crippen LogP contribution in [0.4, 0.5) is 34.1 Å². The first-order valence-corrected chi connectivity index (χ1v) is 37.3. The fourth-order valence-electron chi connectivity index (χ4n) is 18.0. The zero-order valence-electron chi connectivity index (χ0n) is 58.9. The van der Waals surface area contributed by atoms with E-state index in [2.05, 4.69) is 424 Å². The summed E-state index contributed by atoms with van der Waals surface area (Å²) in [7, 11) is 0. The van der Waals surface area contributed by atoms with Gasteiger partial charge in [-0.25, -0.2) is 0 Å². The quantitative estimate of drug-likeness (QED) is 0.115. The highest BCUT2D eigenvalue weighted by molar-refractivity contribution is 6.20. The highest BCUT2D eigenvalue weighted by Gasteiger charge is 2.46. The van der Waals surface area contributed by atoms with Crippen molar-refractivity contribution in [1.82, 2.24) is 13.7 Å². The van der Waals surface area contributed by atoms with E-state index in [4.69, 9.17) is 0 Å². The number of anilines is 6. The molecule has 5 nitrogen and oxygen atoms in total. The van der Waals surface area contributed by atoms with Crippen molar-refractivity contribution in [3.8, 4) is 83.8 Å². The van der Waals surface area contributed by atoms with Gasteiger partial charge in [-0.1, -0.05) is 315 Å². The largest absolute Gasteiger partial charge is 0.307 e. The molecule has 3 aromatic heterocycles. The maximum atomic E-state index is 2.70. The fourth-order valence-corrected chi connectivity index (χ4v) is 18.0. The Morgan fingerprint density at radius 3 is 0.769 bits per heavy atom. The van der Waals surface area contributed by atoms with E-state index in [1.54, 1.807) is 0 Å². The average Bonchev–Trinajstić information content (AvgIpc) is 1.40. The summed E-state index contributed by atoms with van der Waals surface area (Å²) in [6.45, 7) is 0. The SMILES string of the molecule is c1ccc(-c2ccc(N(c3ccc(-c4ccccc4)cc3)c3c(-n4c5ccc(-c6ccccc6)cc5c5cc(-c6ccccc6)ccc54)c(N(c4ccc(-c5ccccc5)cc4)c4ccc(-c5ccccc5)cc4)c4c5c3-n3c6ccccc6c6cccc(c63)C5c3cccc5c6ccccc6n-4c35)cc2)cc1. The second-order valence-electron chi connectivity index (χ2n) is 28.6. The monoisotopic (exact) mass is 1370 g/mol. The number of rotatable bonds is 13. The molecule has 17 aromatic carbocycles. The smallest absolute Gasteiger partial charge is 0.0990 e. The molecular formula is C103H67N5. The van der Waals surface area contributed by atoms with Gasteiger partial charge in [-0.15, -0.1) is 0 Å². The van der Waals surface area contributed by atoms with E-state index in [-0.39, 0.29) is 5.92 Å². The van der Waals surface area contributed by atoms with E-state index >= 15 is 0 Å². The Hall–Kier alpha value is -14.3. The topological polar surface area (TPSA) is 21.3 Å². The Balaban J connectivity index is 1.00. The van der Waals surface area contributed by atoms with E-state index < -0.39 is 0 Å². The van der Waals surface area contributed by atoms with Crippen molar-refractivity contribution < 1.29 is 0 Å². The predicted molar refractivity (Wildman–Crippen MR) is 452 cm³/mol. The lowest BCUT2D eigenvalue weighted by molar-refractivity contribution is 0.877. The minimum atomic E-state index is -0.270. The lowest BCUT2D eigenvalue weighted by Gasteiger charge is -2.43. The van der Waals surface area contributed by atoms with Crippen molar-refractivity contribution >= 4 is 99.5 Å². The molecule has 0 spiro atoms. The molecule has 5 heterocycles. The molecule has 5 heteroatoms. The van der Waals surface area contributed by atoms with E-state index in [1.165, 1.54) is 49.3 Å². The zero-order chi connectivity index (χ0) is 70.9. The van der Waals surface area contributed by atoms with Gasteiger partial charge in [-0.3, -0.25) is 0 Å². The van der Waals surface area contributed by atoms with Crippen LogP contribution < -0.4 is 9.80 Å². The third-order valence-electron chi connectivity index (χ3n) is 22.8. The van der Waals surface area contributed by atoms with E-state index in [1.807, 2.05) is 0 Å². The number of hydrogen-bond acceptors (Lipinski definition) is 2. The van der Waals surface area contributed by atoms with Gasteiger partial charge in [0.25, 0.3) is 0 Å². The van der Waals surface area contributed by atoms with Gasteiger partial charge in [0.15, 0.2) is 0 Å². The Kier molecular flexibility index (Phi) is 14.0. The molecule has 20 aromatic rings. The van der Waals surface area contributed by atoms with Gasteiger partial charge in [-0.05, 0) is 163 Å². The van der Waals surface area contributed by atoms with Crippen molar-refractivity contribution in [1.29, 1.82) is 0 Å². The lowest BCUT2D eigenvalue weighted by atomic mass is 9.76. The van der Waals surface area contributed by atoms with Crippen LogP contribution in [0.3, 0.4) is 0 Å². The highest BCUT2D eigenvalue weighted by Crippen LogP contribution is 2.64. The van der Waals surface area contributed by atoms with Crippen molar-refractivity contribution in [3.63, 3.8) is 0 Å². The van der Waals surface area contributed by atoms with E-state index in [0.29, 0.717) is 0 Å². The van der Waals surface area contributed by atoms with Crippen LogP contribution in [0.5, 0.6) is 0 Å². The Morgan fingerprint density at radius 1 is 0.185 bits per heavy atom. The first-order valence-electron chi connectivity index (χ1n) is 37.3. The van der Waals surface area contributed by atoms with Crippen LogP contribution in [-0.4, -0.2) is 13.7 Å². The molecular weight excluding hydrogens is 1310 g/mol. The summed E-state index contributed by atoms with van der Waals surface area (Å²) in [5.41, 5.74) is 33.5. The Morgan fingerprint density at radius 2 is 0.444 bits per heavy atom. The van der Waals surface area contributed by atoms with Crippen LogP contribution in [0.15, 0.2) is 400 Å². The van der Waals surface area contributed by atoms with Gasteiger partial charge < -0.3 is 23.5 Å². The standard InChI is InChI=1S/C103H67N5/c1-7-25-67(26-8-1)73-45-55-79(56-46-73)104(80-57-47-74(48-58-80)68-27-9-2-10-28-68)101-99-96-95(87-41-23-39-85-83-37-19-21-43-91(83)107(99)97(85)87)88-42-24-40-86-84-38-20-22-44-92(84)108(98(86)88)100(96)102(105(81-59-49-75(50-60-81)69-29-11-3-12-30-69)82-61-51-76(52-62-82)70-31-13-4-14-32-70)103(101)106-93-63-53-77(71-33-15-5-16-34-71)65-89(93)90-66-78(54-64-94(90)106)72-35-17-6-18-36-72/h1-66,95H. The zero-order valence-corrected chi connectivity index (χ0v) is 58.9. The molecule has 2 aliphatic heterocycles.